The molecule has 3 unspecified atom stereocenters. The Kier molecular flexibility index (Phi) is 20.3. The summed E-state index contributed by atoms with van der Waals surface area (Å²) in [6.07, 6.45) is 4.27. The van der Waals surface area contributed by atoms with Gasteiger partial charge in [0.25, 0.3) is 0 Å². The second kappa shape index (κ2) is 16.1. The first-order valence-electron chi connectivity index (χ1n) is 8.88. The topological polar surface area (TPSA) is 0 Å². The average molecular weight is 273 g/mol. The van der Waals surface area contributed by atoms with Gasteiger partial charge in [0.1, 0.15) is 0 Å². The van der Waals surface area contributed by atoms with E-state index in [1.54, 1.807) is 0 Å². The maximum absolute atomic E-state index is 2.38. The fraction of sp³-hybridized carbons (Fsp3) is 1.00. The standard InChI is InChI=1S/C10H20.C5H12.2C2H6/c1-7(2)8(3)5-10-6-9(10)4;1-4-5(2)3;2*1-2/h7-10H,5-6H2,1-4H3;5H,4H2,1-3H3;2*1-2H3. The Bertz CT molecular complexity index is 146. The van der Waals surface area contributed by atoms with E-state index < -0.39 is 0 Å². The fourth-order valence-corrected chi connectivity index (χ4v) is 1.48. The lowest BCUT2D eigenvalue weighted by atomic mass is 9.92. The molecule has 1 rings (SSSR count). The lowest BCUT2D eigenvalue weighted by Crippen LogP contribution is -2.04. The summed E-state index contributed by atoms with van der Waals surface area (Å²) in [5.74, 6) is 4.83. The third kappa shape index (κ3) is 18.0. The van der Waals surface area contributed by atoms with E-state index in [1.807, 2.05) is 27.7 Å². The van der Waals surface area contributed by atoms with Gasteiger partial charge in [0.2, 0.25) is 0 Å². The zero-order chi connectivity index (χ0) is 16.0. The molecule has 0 heteroatoms. The van der Waals surface area contributed by atoms with Crippen molar-refractivity contribution in [3.63, 3.8) is 0 Å². The van der Waals surface area contributed by atoms with Crippen molar-refractivity contribution in [2.45, 2.75) is 95.4 Å². The Labute approximate surface area is 125 Å². The summed E-state index contributed by atoms with van der Waals surface area (Å²) < 4.78 is 0. The van der Waals surface area contributed by atoms with Crippen molar-refractivity contribution in [2.24, 2.45) is 29.6 Å². The minimum Gasteiger partial charge on any atom is -0.0683 e. The van der Waals surface area contributed by atoms with E-state index >= 15 is 0 Å². The maximum atomic E-state index is 2.38. The number of rotatable bonds is 4. The molecule has 1 fully saturated rings. The molecular weight excluding hydrogens is 228 g/mol. The van der Waals surface area contributed by atoms with Gasteiger partial charge >= 0.3 is 0 Å². The summed E-state index contributed by atoms with van der Waals surface area (Å²) in [4.78, 5) is 0. The normalized spacial score (nSPS) is 21.3. The van der Waals surface area contributed by atoms with E-state index in [0.29, 0.717) is 0 Å². The van der Waals surface area contributed by atoms with Gasteiger partial charge in [-0.1, -0.05) is 82.6 Å². The van der Waals surface area contributed by atoms with Gasteiger partial charge in [0, 0.05) is 0 Å². The van der Waals surface area contributed by atoms with E-state index in [0.717, 1.165) is 29.6 Å². The third-order valence-electron chi connectivity index (χ3n) is 3.91. The first kappa shape index (κ1) is 24.0. The van der Waals surface area contributed by atoms with E-state index in [-0.39, 0.29) is 0 Å². The second-order valence-corrected chi connectivity index (χ2v) is 6.23. The lowest BCUT2D eigenvalue weighted by Gasteiger charge is -2.14. The van der Waals surface area contributed by atoms with Gasteiger partial charge in [-0.25, -0.2) is 0 Å². The van der Waals surface area contributed by atoms with E-state index in [4.69, 9.17) is 0 Å². The molecule has 0 radical (unpaired) electrons. The highest BCUT2D eigenvalue weighted by atomic mass is 14.4. The van der Waals surface area contributed by atoms with Gasteiger partial charge < -0.3 is 0 Å². The van der Waals surface area contributed by atoms with Gasteiger partial charge in [0.05, 0.1) is 0 Å². The van der Waals surface area contributed by atoms with E-state index in [2.05, 4.69) is 48.5 Å². The second-order valence-electron chi connectivity index (χ2n) is 6.23. The van der Waals surface area contributed by atoms with Crippen molar-refractivity contribution >= 4 is 0 Å². The largest absolute Gasteiger partial charge is 0.0683 e. The predicted molar refractivity (Wildman–Crippen MR) is 93.7 cm³/mol. The summed E-state index contributed by atoms with van der Waals surface area (Å²) in [7, 11) is 0. The van der Waals surface area contributed by atoms with Crippen molar-refractivity contribution < 1.29 is 0 Å². The van der Waals surface area contributed by atoms with Crippen LogP contribution in [0.1, 0.15) is 95.4 Å². The Hall–Kier alpha value is 0. The van der Waals surface area contributed by atoms with E-state index in [9.17, 15) is 0 Å². The van der Waals surface area contributed by atoms with Crippen LogP contribution in [-0.2, 0) is 0 Å². The summed E-state index contributed by atoms with van der Waals surface area (Å²) in [5.41, 5.74) is 0. The monoisotopic (exact) mass is 272 g/mol. The minimum absolute atomic E-state index is 0.882. The highest BCUT2D eigenvalue weighted by Gasteiger charge is 2.33. The van der Waals surface area contributed by atoms with Crippen LogP contribution in [0.4, 0.5) is 0 Å². The van der Waals surface area contributed by atoms with Crippen LogP contribution < -0.4 is 0 Å². The minimum atomic E-state index is 0.882. The van der Waals surface area contributed by atoms with Crippen molar-refractivity contribution in [1.29, 1.82) is 0 Å². The van der Waals surface area contributed by atoms with Crippen LogP contribution in [0.15, 0.2) is 0 Å². The van der Waals surface area contributed by atoms with Crippen molar-refractivity contribution in [1.82, 2.24) is 0 Å². The molecule has 1 saturated carbocycles. The van der Waals surface area contributed by atoms with Gasteiger partial charge in [-0.3, -0.25) is 0 Å². The number of hydrogen-bond donors (Lipinski definition) is 0. The quantitative estimate of drug-likeness (QED) is 0.499. The maximum Gasteiger partial charge on any atom is -0.0383 e. The van der Waals surface area contributed by atoms with Gasteiger partial charge in [-0.15, -0.1) is 0 Å². The zero-order valence-corrected chi connectivity index (χ0v) is 16.0. The highest BCUT2D eigenvalue weighted by molar-refractivity contribution is 4.83. The Balaban J connectivity index is -0.000000242. The molecule has 1 aliphatic carbocycles. The molecule has 0 N–H and O–H groups in total. The van der Waals surface area contributed by atoms with Crippen LogP contribution in [0, 0.1) is 29.6 Å². The molecule has 120 valence electrons. The molecule has 3 atom stereocenters. The molecule has 0 aromatic rings. The SMILES string of the molecule is CC.CC.CC(C)C(C)CC1CC1C.CCC(C)C. The molecule has 0 aromatic carbocycles. The van der Waals surface area contributed by atoms with Crippen LogP contribution >= 0.6 is 0 Å². The van der Waals surface area contributed by atoms with Crippen molar-refractivity contribution in [3.05, 3.63) is 0 Å². The molecule has 0 aliphatic heterocycles. The predicted octanol–water partition coefficient (Wildman–Crippen LogP) is 7.43. The molecule has 19 heavy (non-hydrogen) atoms. The molecule has 0 nitrogen and oxygen atoms in total. The van der Waals surface area contributed by atoms with Gasteiger partial charge in [-0.05, 0) is 42.4 Å². The molecule has 0 aromatic heterocycles. The number of hydrogen-bond acceptors (Lipinski definition) is 0. The van der Waals surface area contributed by atoms with E-state index in [1.165, 1.54) is 19.3 Å². The molecular formula is C19H44. The molecule has 0 bridgehead atoms. The molecule has 0 amide bonds. The zero-order valence-electron chi connectivity index (χ0n) is 16.0. The first-order chi connectivity index (χ1) is 8.88. The smallest absolute Gasteiger partial charge is 0.0383 e. The summed E-state index contributed by atoms with van der Waals surface area (Å²) in [5, 5.41) is 0. The molecule has 0 saturated heterocycles. The Morgan fingerprint density at radius 1 is 0.895 bits per heavy atom. The molecule has 0 heterocycles. The fourth-order valence-electron chi connectivity index (χ4n) is 1.48. The third-order valence-corrected chi connectivity index (χ3v) is 3.91. The van der Waals surface area contributed by atoms with Crippen molar-refractivity contribution in [2.75, 3.05) is 0 Å². The molecule has 0 spiro atoms. The molecule has 1 aliphatic rings. The van der Waals surface area contributed by atoms with Crippen molar-refractivity contribution in [3.8, 4) is 0 Å². The van der Waals surface area contributed by atoms with Gasteiger partial charge in [0.15, 0.2) is 0 Å². The van der Waals surface area contributed by atoms with Crippen LogP contribution in [0.25, 0.3) is 0 Å². The summed E-state index contributed by atoms with van der Waals surface area (Å²) >= 11 is 0. The van der Waals surface area contributed by atoms with Crippen LogP contribution in [0.5, 0.6) is 0 Å². The first-order valence-corrected chi connectivity index (χ1v) is 8.88. The Morgan fingerprint density at radius 3 is 1.37 bits per heavy atom. The van der Waals surface area contributed by atoms with Gasteiger partial charge in [-0.2, -0.15) is 0 Å². The van der Waals surface area contributed by atoms with Crippen LogP contribution in [0.3, 0.4) is 0 Å². The average Bonchev–Trinajstić information content (AvgIpc) is 3.10. The summed E-state index contributed by atoms with van der Waals surface area (Å²) in [6.45, 7) is 24.1. The Morgan fingerprint density at radius 2 is 1.21 bits per heavy atom. The highest BCUT2D eigenvalue weighted by Crippen LogP contribution is 2.43. The lowest BCUT2D eigenvalue weighted by molar-refractivity contribution is 0.367. The summed E-state index contributed by atoms with van der Waals surface area (Å²) in [6, 6.07) is 0. The van der Waals surface area contributed by atoms with Crippen LogP contribution in [-0.4, -0.2) is 0 Å². The van der Waals surface area contributed by atoms with Crippen LogP contribution in [0.2, 0.25) is 0 Å².